The van der Waals surface area contributed by atoms with Gasteiger partial charge in [-0.15, -0.1) is 0 Å². The maximum atomic E-state index is 11.5. The van der Waals surface area contributed by atoms with Gasteiger partial charge < -0.3 is 21.1 Å². The minimum Gasteiger partial charge on any atom is -0.480 e. The van der Waals surface area contributed by atoms with Gasteiger partial charge in [-0.2, -0.15) is 5.10 Å². The lowest BCUT2D eigenvalue weighted by atomic mass is 10.4. The third-order valence-corrected chi connectivity index (χ3v) is 2.85. The van der Waals surface area contributed by atoms with Gasteiger partial charge in [0.15, 0.2) is 0 Å². The Kier molecular flexibility index (Phi) is 4.75. The molecule has 0 spiro atoms. The molecular weight excluding hydrogens is 278 g/mol. The minimum atomic E-state index is -1.01. The molecule has 9 heteroatoms. The smallest absolute Gasteiger partial charge is 0.325 e. The van der Waals surface area contributed by atoms with Crippen molar-refractivity contribution >= 4 is 23.6 Å². The number of carbonyl (C=O) groups is 3. The van der Waals surface area contributed by atoms with E-state index in [1.54, 1.807) is 0 Å². The molecule has 1 saturated carbocycles. The molecule has 0 atom stereocenters. The second-order valence-corrected chi connectivity index (χ2v) is 4.77. The predicted molar refractivity (Wildman–Crippen MR) is 72.6 cm³/mol. The Morgan fingerprint density at radius 1 is 1.29 bits per heavy atom. The quantitative estimate of drug-likeness (QED) is 0.510. The highest BCUT2D eigenvalue weighted by Gasteiger charge is 2.28. The van der Waals surface area contributed by atoms with E-state index >= 15 is 0 Å². The van der Waals surface area contributed by atoms with Crippen LogP contribution < -0.4 is 16.0 Å². The fourth-order valence-electron chi connectivity index (χ4n) is 1.68. The number of nitrogens with one attached hydrogen (secondary N) is 3. The molecule has 0 unspecified atom stereocenters. The van der Waals surface area contributed by atoms with E-state index < -0.39 is 12.0 Å². The number of amides is 3. The highest BCUT2D eigenvalue weighted by Crippen LogP contribution is 2.28. The van der Waals surface area contributed by atoms with Gasteiger partial charge in [0.2, 0.25) is 5.91 Å². The fraction of sp³-hybridized carbons (Fsp3) is 0.500. The molecule has 2 rings (SSSR count). The zero-order chi connectivity index (χ0) is 15.2. The molecule has 1 aromatic rings. The van der Waals surface area contributed by atoms with E-state index in [1.807, 2.05) is 0 Å². The van der Waals surface area contributed by atoms with Crippen LogP contribution in [0.3, 0.4) is 0 Å². The molecule has 0 saturated heterocycles. The summed E-state index contributed by atoms with van der Waals surface area (Å²) in [4.78, 5) is 33.4. The first-order chi connectivity index (χ1) is 10.0. The van der Waals surface area contributed by atoms with E-state index in [1.165, 1.54) is 17.1 Å². The van der Waals surface area contributed by atoms with Crippen LogP contribution in [-0.4, -0.2) is 45.9 Å². The van der Waals surface area contributed by atoms with Crippen LogP contribution in [0.2, 0.25) is 0 Å². The summed E-state index contributed by atoms with van der Waals surface area (Å²) in [6, 6.07) is -0.439. The third kappa shape index (κ3) is 5.13. The molecule has 1 aliphatic carbocycles. The van der Waals surface area contributed by atoms with Crippen molar-refractivity contribution in [3.63, 3.8) is 0 Å². The number of carbonyl (C=O) groups excluding carboxylic acids is 2. The fourth-order valence-corrected chi connectivity index (χ4v) is 1.68. The number of nitrogens with zero attached hydrogens (tertiary/aromatic N) is 2. The van der Waals surface area contributed by atoms with E-state index in [9.17, 15) is 14.4 Å². The SMILES string of the molecule is O=C(O)Cn1cc(NC(=O)NCCNC(=O)C2CC2)cn1. The van der Waals surface area contributed by atoms with Crippen molar-refractivity contribution in [3.8, 4) is 0 Å². The van der Waals surface area contributed by atoms with Crippen LogP contribution in [0.15, 0.2) is 12.4 Å². The topological polar surface area (TPSA) is 125 Å². The average Bonchev–Trinajstić information content (AvgIpc) is 3.17. The van der Waals surface area contributed by atoms with Gasteiger partial charge in [0, 0.05) is 25.2 Å². The summed E-state index contributed by atoms with van der Waals surface area (Å²) in [6.07, 6.45) is 4.67. The van der Waals surface area contributed by atoms with Crippen LogP contribution in [0.4, 0.5) is 10.5 Å². The number of carboxylic acids is 1. The molecule has 1 fully saturated rings. The zero-order valence-electron chi connectivity index (χ0n) is 11.3. The molecule has 9 nitrogen and oxygen atoms in total. The Hall–Kier alpha value is -2.58. The number of urea groups is 1. The maximum absolute atomic E-state index is 11.5. The summed E-state index contributed by atoms with van der Waals surface area (Å²) in [5.41, 5.74) is 0.399. The van der Waals surface area contributed by atoms with Gasteiger partial charge in [-0.1, -0.05) is 0 Å². The maximum Gasteiger partial charge on any atom is 0.325 e. The molecule has 114 valence electrons. The van der Waals surface area contributed by atoms with Crippen LogP contribution in [0.25, 0.3) is 0 Å². The van der Waals surface area contributed by atoms with Crippen molar-refractivity contribution in [3.05, 3.63) is 12.4 Å². The van der Waals surface area contributed by atoms with E-state index in [4.69, 9.17) is 5.11 Å². The summed E-state index contributed by atoms with van der Waals surface area (Å²) in [5.74, 6) is -0.827. The average molecular weight is 295 g/mol. The molecule has 0 aliphatic heterocycles. The number of anilines is 1. The molecule has 1 aliphatic rings. The highest BCUT2D eigenvalue weighted by molar-refractivity contribution is 5.89. The van der Waals surface area contributed by atoms with Gasteiger partial charge in [0.1, 0.15) is 6.54 Å². The number of aliphatic carboxylic acids is 1. The molecule has 0 bridgehead atoms. The van der Waals surface area contributed by atoms with E-state index in [2.05, 4.69) is 21.0 Å². The second kappa shape index (κ2) is 6.73. The molecule has 3 amide bonds. The number of carboxylic acid groups (broad SMARTS) is 1. The predicted octanol–water partition coefficient (Wildman–Crippen LogP) is -0.385. The van der Waals surface area contributed by atoms with Crippen molar-refractivity contribution < 1.29 is 19.5 Å². The van der Waals surface area contributed by atoms with Crippen molar-refractivity contribution in [2.24, 2.45) is 5.92 Å². The van der Waals surface area contributed by atoms with Gasteiger partial charge in [-0.25, -0.2) is 4.79 Å². The van der Waals surface area contributed by atoms with Crippen LogP contribution in [0.1, 0.15) is 12.8 Å². The lowest BCUT2D eigenvalue weighted by Crippen LogP contribution is -2.37. The number of hydrogen-bond acceptors (Lipinski definition) is 4. The van der Waals surface area contributed by atoms with Crippen molar-refractivity contribution in [2.75, 3.05) is 18.4 Å². The Labute approximate surface area is 120 Å². The third-order valence-electron chi connectivity index (χ3n) is 2.85. The van der Waals surface area contributed by atoms with Crippen LogP contribution in [-0.2, 0) is 16.1 Å². The lowest BCUT2D eigenvalue weighted by molar-refractivity contribution is -0.137. The molecule has 0 aromatic carbocycles. The largest absolute Gasteiger partial charge is 0.480 e. The Morgan fingerprint density at radius 2 is 2.00 bits per heavy atom. The summed E-state index contributed by atoms with van der Waals surface area (Å²) < 4.78 is 1.20. The van der Waals surface area contributed by atoms with Gasteiger partial charge in [-0.05, 0) is 12.8 Å². The van der Waals surface area contributed by atoms with Crippen LogP contribution in [0.5, 0.6) is 0 Å². The Balaban J connectivity index is 1.63. The monoisotopic (exact) mass is 295 g/mol. The van der Waals surface area contributed by atoms with Crippen molar-refractivity contribution in [1.82, 2.24) is 20.4 Å². The van der Waals surface area contributed by atoms with Gasteiger partial charge in [0.05, 0.1) is 11.9 Å². The standard InChI is InChI=1S/C12H17N5O4/c18-10(19)7-17-6-9(5-15-17)16-12(21)14-4-3-13-11(20)8-1-2-8/h5-6,8H,1-4,7H2,(H,13,20)(H,18,19)(H2,14,16,21). The summed E-state index contributed by atoms with van der Waals surface area (Å²) in [5, 5.41) is 20.2. The lowest BCUT2D eigenvalue weighted by Gasteiger charge is -2.07. The second-order valence-electron chi connectivity index (χ2n) is 4.77. The molecule has 4 N–H and O–H groups in total. The number of rotatable bonds is 7. The number of aromatic nitrogens is 2. The van der Waals surface area contributed by atoms with Crippen LogP contribution in [0, 0.1) is 5.92 Å². The van der Waals surface area contributed by atoms with Gasteiger partial charge >= 0.3 is 12.0 Å². The Bertz CT molecular complexity index is 538. The first kappa shape index (κ1) is 14.8. The van der Waals surface area contributed by atoms with Crippen molar-refractivity contribution in [1.29, 1.82) is 0 Å². The minimum absolute atomic E-state index is 0.0344. The summed E-state index contributed by atoms with van der Waals surface area (Å²) in [6.45, 7) is 0.422. The summed E-state index contributed by atoms with van der Waals surface area (Å²) >= 11 is 0. The van der Waals surface area contributed by atoms with E-state index in [-0.39, 0.29) is 18.4 Å². The molecule has 0 radical (unpaired) electrons. The van der Waals surface area contributed by atoms with Gasteiger partial charge in [-0.3, -0.25) is 14.3 Å². The first-order valence-electron chi connectivity index (χ1n) is 6.61. The summed E-state index contributed by atoms with van der Waals surface area (Å²) in [7, 11) is 0. The van der Waals surface area contributed by atoms with Gasteiger partial charge in [0.25, 0.3) is 0 Å². The Morgan fingerprint density at radius 3 is 2.67 bits per heavy atom. The highest BCUT2D eigenvalue weighted by atomic mass is 16.4. The molecule has 1 heterocycles. The normalized spacial score (nSPS) is 13.5. The van der Waals surface area contributed by atoms with Crippen molar-refractivity contribution in [2.45, 2.75) is 19.4 Å². The molecule has 21 heavy (non-hydrogen) atoms. The van der Waals surface area contributed by atoms with E-state index in [0.717, 1.165) is 12.8 Å². The number of hydrogen-bond donors (Lipinski definition) is 4. The zero-order valence-corrected chi connectivity index (χ0v) is 11.3. The molecule has 1 aromatic heterocycles. The van der Waals surface area contributed by atoms with Crippen LogP contribution >= 0.6 is 0 Å². The molecular formula is C12H17N5O4. The van der Waals surface area contributed by atoms with E-state index in [0.29, 0.717) is 18.8 Å². The first-order valence-corrected chi connectivity index (χ1v) is 6.61.